The minimum Gasteiger partial charge on any atom is -0.490 e. The summed E-state index contributed by atoms with van der Waals surface area (Å²) in [5.74, 6) is 0.0256. The minimum absolute atomic E-state index is 0.0649. The van der Waals surface area contributed by atoms with Gasteiger partial charge in [-0.2, -0.15) is 0 Å². The van der Waals surface area contributed by atoms with Gasteiger partial charge in [0.05, 0.1) is 6.42 Å². The van der Waals surface area contributed by atoms with E-state index in [2.05, 4.69) is 22.3 Å². The molecule has 2 aromatic carbocycles. The van der Waals surface area contributed by atoms with Crippen molar-refractivity contribution in [2.45, 2.75) is 38.0 Å². The predicted molar refractivity (Wildman–Crippen MR) is 124 cm³/mol. The first-order chi connectivity index (χ1) is 14.9. The highest BCUT2D eigenvalue weighted by atomic mass is 35.5. The van der Waals surface area contributed by atoms with Crippen LogP contribution in [0, 0.1) is 0 Å². The number of amides is 1. The summed E-state index contributed by atoms with van der Waals surface area (Å²) in [7, 11) is 0. The van der Waals surface area contributed by atoms with Gasteiger partial charge in [-0.15, -0.1) is 0 Å². The van der Waals surface area contributed by atoms with E-state index in [9.17, 15) is 9.90 Å². The highest BCUT2D eigenvalue weighted by Gasteiger charge is 2.20. The molecule has 0 aliphatic carbocycles. The summed E-state index contributed by atoms with van der Waals surface area (Å²) in [4.78, 5) is 13.7. The van der Waals surface area contributed by atoms with E-state index < -0.39 is 12.0 Å². The molecule has 6 nitrogen and oxygen atoms in total. The van der Waals surface area contributed by atoms with Crippen molar-refractivity contribution in [2.75, 3.05) is 26.2 Å². The number of carbonyl (C=O) groups is 1. The fourth-order valence-corrected chi connectivity index (χ4v) is 3.98. The molecule has 1 heterocycles. The SMILES string of the molecule is NC(=O)Cc1ccc(Cl)cc1OC[C@@H](O)CNC1CCN(Cc2ccc(Cl)cc2)CC1. The summed E-state index contributed by atoms with van der Waals surface area (Å²) in [5, 5.41) is 15.0. The zero-order chi connectivity index (χ0) is 22.2. The number of carbonyl (C=O) groups excluding carboxylic acids is 1. The van der Waals surface area contributed by atoms with Crippen molar-refractivity contribution in [1.29, 1.82) is 0 Å². The minimum atomic E-state index is -0.674. The molecule has 0 unspecified atom stereocenters. The summed E-state index contributed by atoms with van der Waals surface area (Å²) < 4.78 is 5.71. The van der Waals surface area contributed by atoms with Crippen LogP contribution in [0.4, 0.5) is 0 Å². The number of nitrogens with two attached hydrogens (primary N) is 1. The van der Waals surface area contributed by atoms with Crippen LogP contribution >= 0.6 is 23.2 Å². The van der Waals surface area contributed by atoms with Crippen molar-refractivity contribution in [3.8, 4) is 5.75 Å². The first-order valence-electron chi connectivity index (χ1n) is 10.5. The Morgan fingerprint density at radius 3 is 2.52 bits per heavy atom. The number of hydrogen-bond donors (Lipinski definition) is 3. The van der Waals surface area contributed by atoms with Crippen LogP contribution in [-0.2, 0) is 17.8 Å². The molecule has 0 saturated carbocycles. The Hall–Kier alpha value is -1.83. The normalized spacial score (nSPS) is 16.2. The summed E-state index contributed by atoms with van der Waals surface area (Å²) in [5.41, 5.74) is 7.20. The van der Waals surface area contributed by atoms with E-state index in [1.165, 1.54) is 5.56 Å². The third kappa shape index (κ3) is 7.98. The van der Waals surface area contributed by atoms with Crippen LogP contribution in [0.3, 0.4) is 0 Å². The molecule has 0 aromatic heterocycles. The Bertz CT molecular complexity index is 856. The standard InChI is InChI=1S/C23H29Cl2N3O3/c24-18-4-1-16(2-5-18)14-28-9-7-20(8-10-28)27-13-21(29)15-31-22-12-19(25)6-3-17(22)11-23(26)30/h1-6,12,20-21,27,29H,7-11,13-15H2,(H2,26,30)/t21-/m0/s1. The number of ether oxygens (including phenoxy) is 1. The molecule has 2 aromatic rings. The first kappa shape index (κ1) is 23.8. The van der Waals surface area contributed by atoms with Gasteiger partial charge in [0.1, 0.15) is 18.5 Å². The van der Waals surface area contributed by atoms with E-state index in [0.29, 0.717) is 28.9 Å². The van der Waals surface area contributed by atoms with E-state index in [4.69, 9.17) is 33.7 Å². The lowest BCUT2D eigenvalue weighted by atomic mass is 10.0. The number of aliphatic hydroxyl groups is 1. The van der Waals surface area contributed by atoms with E-state index >= 15 is 0 Å². The van der Waals surface area contributed by atoms with Crippen LogP contribution < -0.4 is 15.8 Å². The summed E-state index contributed by atoms with van der Waals surface area (Å²) >= 11 is 12.0. The summed E-state index contributed by atoms with van der Waals surface area (Å²) in [6.45, 7) is 3.48. The lowest BCUT2D eigenvalue weighted by Gasteiger charge is -2.33. The molecule has 1 saturated heterocycles. The summed E-state index contributed by atoms with van der Waals surface area (Å²) in [6, 6.07) is 13.4. The van der Waals surface area contributed by atoms with Gasteiger partial charge in [0, 0.05) is 34.7 Å². The van der Waals surface area contributed by atoms with Crippen LogP contribution in [0.1, 0.15) is 24.0 Å². The van der Waals surface area contributed by atoms with E-state index in [0.717, 1.165) is 37.5 Å². The Labute approximate surface area is 193 Å². The van der Waals surface area contributed by atoms with Crippen molar-refractivity contribution >= 4 is 29.1 Å². The topological polar surface area (TPSA) is 87.8 Å². The van der Waals surface area contributed by atoms with E-state index in [1.807, 2.05) is 12.1 Å². The molecule has 1 atom stereocenters. The van der Waals surface area contributed by atoms with Gasteiger partial charge in [-0.25, -0.2) is 0 Å². The van der Waals surface area contributed by atoms with Crippen LogP contribution in [0.15, 0.2) is 42.5 Å². The Kier molecular flexibility index (Phi) is 8.99. The average molecular weight is 466 g/mol. The molecule has 1 fully saturated rings. The molecule has 1 amide bonds. The van der Waals surface area contributed by atoms with Crippen molar-refractivity contribution in [3.63, 3.8) is 0 Å². The number of hydrogen-bond acceptors (Lipinski definition) is 5. The number of rotatable bonds is 10. The lowest BCUT2D eigenvalue weighted by molar-refractivity contribution is -0.117. The van der Waals surface area contributed by atoms with Gasteiger partial charge >= 0.3 is 0 Å². The van der Waals surface area contributed by atoms with Crippen LogP contribution in [-0.4, -0.2) is 54.3 Å². The predicted octanol–water partition coefficient (Wildman–Crippen LogP) is 3.02. The number of halogens is 2. The Morgan fingerprint density at radius 1 is 1.16 bits per heavy atom. The molecule has 4 N–H and O–H groups in total. The molecule has 3 rings (SSSR count). The number of nitrogens with one attached hydrogen (secondary N) is 1. The fraction of sp³-hybridized carbons (Fsp3) is 0.435. The maximum absolute atomic E-state index is 11.2. The van der Waals surface area contributed by atoms with Gasteiger partial charge in [0.15, 0.2) is 0 Å². The number of benzene rings is 2. The highest BCUT2D eigenvalue weighted by Crippen LogP contribution is 2.24. The number of nitrogens with zero attached hydrogens (tertiary/aromatic N) is 1. The first-order valence-corrected chi connectivity index (χ1v) is 11.2. The van der Waals surface area contributed by atoms with Crippen LogP contribution in [0.5, 0.6) is 5.75 Å². The van der Waals surface area contributed by atoms with Gasteiger partial charge < -0.3 is 20.9 Å². The maximum Gasteiger partial charge on any atom is 0.221 e. The van der Waals surface area contributed by atoms with Crippen LogP contribution in [0.25, 0.3) is 0 Å². The number of aliphatic hydroxyl groups excluding tert-OH is 1. The Balaban J connectivity index is 1.38. The van der Waals surface area contributed by atoms with Crippen LogP contribution in [0.2, 0.25) is 10.0 Å². The molecule has 31 heavy (non-hydrogen) atoms. The third-order valence-electron chi connectivity index (χ3n) is 5.37. The molecule has 1 aliphatic heterocycles. The quantitative estimate of drug-likeness (QED) is 0.501. The van der Waals surface area contributed by atoms with Gasteiger partial charge in [0.2, 0.25) is 5.91 Å². The average Bonchev–Trinajstić information content (AvgIpc) is 2.74. The van der Waals surface area contributed by atoms with Crippen molar-refractivity contribution < 1.29 is 14.6 Å². The van der Waals surface area contributed by atoms with Crippen molar-refractivity contribution in [1.82, 2.24) is 10.2 Å². The van der Waals surface area contributed by atoms with Gasteiger partial charge in [0.25, 0.3) is 0 Å². The van der Waals surface area contributed by atoms with Gasteiger partial charge in [-0.05, 0) is 55.8 Å². The molecular formula is C23H29Cl2N3O3. The van der Waals surface area contributed by atoms with Gasteiger partial charge in [-0.3, -0.25) is 9.69 Å². The zero-order valence-corrected chi connectivity index (χ0v) is 18.9. The van der Waals surface area contributed by atoms with Crippen molar-refractivity contribution in [2.24, 2.45) is 5.73 Å². The molecular weight excluding hydrogens is 437 g/mol. The Morgan fingerprint density at radius 2 is 1.84 bits per heavy atom. The molecule has 168 valence electrons. The maximum atomic E-state index is 11.2. The van der Waals surface area contributed by atoms with E-state index in [-0.39, 0.29) is 13.0 Å². The highest BCUT2D eigenvalue weighted by molar-refractivity contribution is 6.30. The third-order valence-corrected chi connectivity index (χ3v) is 5.86. The second-order valence-corrected chi connectivity index (χ2v) is 8.82. The number of piperidine rings is 1. The van der Waals surface area contributed by atoms with Gasteiger partial charge in [-0.1, -0.05) is 41.4 Å². The molecule has 0 spiro atoms. The number of likely N-dealkylation sites (tertiary alicyclic amines) is 1. The molecule has 0 bridgehead atoms. The zero-order valence-electron chi connectivity index (χ0n) is 17.4. The largest absolute Gasteiger partial charge is 0.490 e. The summed E-state index contributed by atoms with van der Waals surface area (Å²) in [6.07, 6.45) is 1.44. The fourth-order valence-electron chi connectivity index (χ4n) is 3.69. The smallest absolute Gasteiger partial charge is 0.221 e. The molecule has 1 aliphatic rings. The molecule has 8 heteroatoms. The lowest BCUT2D eigenvalue weighted by Crippen LogP contribution is -2.45. The monoisotopic (exact) mass is 465 g/mol. The second kappa shape index (κ2) is 11.7. The molecule has 0 radical (unpaired) electrons. The van der Waals surface area contributed by atoms with Crippen molar-refractivity contribution in [3.05, 3.63) is 63.6 Å². The second-order valence-electron chi connectivity index (χ2n) is 7.95. The van der Waals surface area contributed by atoms with E-state index in [1.54, 1.807) is 18.2 Å². The number of primary amides is 1.